The van der Waals surface area contributed by atoms with Gasteiger partial charge in [-0.15, -0.1) is 0 Å². The number of Topliss-reactive ketones (excluding diaryl/α,β-unsaturated/α-hetero) is 1. The van der Waals surface area contributed by atoms with Gasteiger partial charge < -0.3 is 24.5 Å². The van der Waals surface area contributed by atoms with Crippen LogP contribution in [0, 0.1) is 20.8 Å². The summed E-state index contributed by atoms with van der Waals surface area (Å²) in [6.45, 7) is 12.3. The average molecular weight is 405 g/mol. The van der Waals surface area contributed by atoms with Crippen molar-refractivity contribution in [3.8, 4) is 34.1 Å². The van der Waals surface area contributed by atoms with Crippen LogP contribution in [0.25, 0.3) is 11.1 Å². The minimum Gasteiger partial charge on any atom is -0.504 e. The summed E-state index contributed by atoms with van der Waals surface area (Å²) in [4.78, 5) is 20.7. The summed E-state index contributed by atoms with van der Waals surface area (Å²) in [5, 5.41) is 21.2. The standard InChI is InChI=1S/C19H22O5.C2H4O.C2H6/c1-9-7-14(16(21)18(23-5)10(9)2)15-8-13(12(4)20)11(3)19(24-6)17(15)22;1-2-3;1-2/h7-8,21-22H,1-6H3;2H,1H3;1-2H3. The van der Waals surface area contributed by atoms with E-state index in [2.05, 4.69) is 0 Å². The fourth-order valence-corrected chi connectivity index (χ4v) is 2.89. The molecule has 0 amide bonds. The first kappa shape index (κ1) is 26.0. The smallest absolute Gasteiger partial charge is 0.166 e. The highest BCUT2D eigenvalue weighted by molar-refractivity contribution is 5.99. The van der Waals surface area contributed by atoms with E-state index in [9.17, 15) is 15.0 Å². The van der Waals surface area contributed by atoms with Gasteiger partial charge in [0, 0.05) is 22.3 Å². The number of carbonyl (C=O) groups is 2. The van der Waals surface area contributed by atoms with Crippen molar-refractivity contribution in [1.29, 1.82) is 0 Å². The van der Waals surface area contributed by atoms with Gasteiger partial charge in [-0.3, -0.25) is 4.79 Å². The fourth-order valence-electron chi connectivity index (χ4n) is 2.89. The van der Waals surface area contributed by atoms with E-state index in [1.165, 1.54) is 28.1 Å². The van der Waals surface area contributed by atoms with Gasteiger partial charge in [0.25, 0.3) is 0 Å². The van der Waals surface area contributed by atoms with E-state index in [4.69, 9.17) is 14.3 Å². The molecule has 160 valence electrons. The van der Waals surface area contributed by atoms with Crippen molar-refractivity contribution in [2.75, 3.05) is 14.2 Å². The Balaban J connectivity index is 0.00000143. The normalized spacial score (nSPS) is 9.41. The molecule has 0 unspecified atom stereocenters. The minimum absolute atomic E-state index is 0.0868. The third-order valence-electron chi connectivity index (χ3n) is 4.34. The molecule has 2 rings (SSSR count). The number of ether oxygens (including phenoxy) is 2. The van der Waals surface area contributed by atoms with E-state index >= 15 is 0 Å². The third-order valence-corrected chi connectivity index (χ3v) is 4.34. The van der Waals surface area contributed by atoms with Gasteiger partial charge in [-0.25, -0.2) is 0 Å². The highest BCUT2D eigenvalue weighted by Gasteiger charge is 2.23. The van der Waals surface area contributed by atoms with Crippen molar-refractivity contribution in [2.24, 2.45) is 0 Å². The predicted molar refractivity (Wildman–Crippen MR) is 116 cm³/mol. The van der Waals surface area contributed by atoms with E-state index in [1.54, 1.807) is 19.1 Å². The van der Waals surface area contributed by atoms with Crippen molar-refractivity contribution >= 4 is 12.1 Å². The van der Waals surface area contributed by atoms with Crippen LogP contribution in [0.1, 0.15) is 54.7 Å². The fraction of sp³-hybridized carbons (Fsp3) is 0.391. The molecule has 2 aromatic carbocycles. The summed E-state index contributed by atoms with van der Waals surface area (Å²) < 4.78 is 10.6. The second-order valence-electron chi connectivity index (χ2n) is 6.02. The maximum absolute atomic E-state index is 11.9. The molecule has 6 heteroatoms. The second kappa shape index (κ2) is 11.7. The van der Waals surface area contributed by atoms with E-state index in [1.807, 2.05) is 27.7 Å². The highest BCUT2D eigenvalue weighted by Crippen LogP contribution is 2.48. The van der Waals surface area contributed by atoms with Gasteiger partial charge in [-0.05, 0) is 57.9 Å². The number of benzene rings is 2. The number of phenols is 2. The molecular weight excluding hydrogens is 372 g/mol. The zero-order valence-electron chi connectivity index (χ0n) is 18.8. The quantitative estimate of drug-likeness (QED) is 0.541. The summed E-state index contributed by atoms with van der Waals surface area (Å²) in [6.07, 6.45) is 0.750. The predicted octanol–water partition coefficient (Wildman–Crippen LogP) is 5.14. The Kier molecular flexibility index (Phi) is 10.5. The van der Waals surface area contributed by atoms with Crippen LogP contribution in [0.4, 0.5) is 0 Å². The van der Waals surface area contributed by atoms with Crippen molar-refractivity contribution in [1.82, 2.24) is 0 Å². The molecule has 0 aromatic heterocycles. The maximum atomic E-state index is 11.9. The molecule has 0 aliphatic rings. The minimum atomic E-state index is -0.151. The summed E-state index contributed by atoms with van der Waals surface area (Å²) in [7, 11) is 2.90. The Hall–Kier alpha value is -3.02. The zero-order valence-corrected chi connectivity index (χ0v) is 18.8. The number of aryl methyl sites for hydroxylation is 1. The maximum Gasteiger partial charge on any atom is 0.166 e. The van der Waals surface area contributed by atoms with Crippen molar-refractivity contribution in [3.05, 3.63) is 34.4 Å². The Morgan fingerprint density at radius 3 is 1.66 bits per heavy atom. The number of rotatable bonds is 4. The zero-order chi connectivity index (χ0) is 22.9. The van der Waals surface area contributed by atoms with Crippen LogP contribution >= 0.6 is 0 Å². The molecule has 0 saturated heterocycles. The molecule has 0 fully saturated rings. The van der Waals surface area contributed by atoms with Crippen LogP contribution < -0.4 is 9.47 Å². The third kappa shape index (κ3) is 5.50. The molecule has 0 spiro atoms. The van der Waals surface area contributed by atoms with Crippen LogP contribution in [-0.4, -0.2) is 36.5 Å². The topological polar surface area (TPSA) is 93.1 Å². The van der Waals surface area contributed by atoms with E-state index in [0.717, 1.165) is 17.4 Å². The van der Waals surface area contributed by atoms with Crippen LogP contribution in [0.15, 0.2) is 12.1 Å². The summed E-state index contributed by atoms with van der Waals surface area (Å²) in [6, 6.07) is 3.32. The molecule has 29 heavy (non-hydrogen) atoms. The Morgan fingerprint density at radius 1 is 0.897 bits per heavy atom. The van der Waals surface area contributed by atoms with E-state index in [0.29, 0.717) is 28.0 Å². The van der Waals surface area contributed by atoms with Gasteiger partial charge in [0.15, 0.2) is 28.8 Å². The Morgan fingerprint density at radius 2 is 1.28 bits per heavy atom. The molecule has 0 atom stereocenters. The summed E-state index contributed by atoms with van der Waals surface area (Å²) >= 11 is 0. The van der Waals surface area contributed by atoms with E-state index < -0.39 is 0 Å². The number of phenolic OH excluding ortho intramolecular Hbond substituents is 2. The van der Waals surface area contributed by atoms with Crippen LogP contribution in [0.2, 0.25) is 0 Å². The molecule has 2 aromatic rings. The van der Waals surface area contributed by atoms with Gasteiger partial charge in [0.05, 0.1) is 14.2 Å². The molecule has 2 N–H and O–H groups in total. The first-order valence-corrected chi connectivity index (χ1v) is 9.34. The monoisotopic (exact) mass is 404 g/mol. The van der Waals surface area contributed by atoms with Gasteiger partial charge in [0.2, 0.25) is 0 Å². The number of aromatic hydroxyl groups is 2. The highest BCUT2D eigenvalue weighted by atomic mass is 16.5. The summed E-state index contributed by atoms with van der Waals surface area (Å²) in [5.41, 5.74) is 3.39. The molecule has 0 aliphatic carbocycles. The van der Waals surface area contributed by atoms with Gasteiger partial charge >= 0.3 is 0 Å². The SMILES string of the molecule is CC.CC=O.COc1c(C)c(C)cc(-c2cc(C(C)=O)c(C)c(OC)c2O)c1O. The van der Waals surface area contributed by atoms with Gasteiger partial charge in [-0.1, -0.05) is 13.8 Å². The number of methoxy groups -OCH3 is 2. The number of ketones is 1. The Bertz CT molecular complexity index is 869. The Labute approximate surface area is 173 Å². The largest absolute Gasteiger partial charge is 0.504 e. The van der Waals surface area contributed by atoms with E-state index in [-0.39, 0.29) is 23.0 Å². The molecular formula is C23H32O6. The number of hydrogen-bond donors (Lipinski definition) is 2. The lowest BCUT2D eigenvalue weighted by Crippen LogP contribution is -2.01. The number of hydrogen-bond acceptors (Lipinski definition) is 6. The lowest BCUT2D eigenvalue weighted by molar-refractivity contribution is -0.106. The molecule has 0 heterocycles. The van der Waals surface area contributed by atoms with Crippen molar-refractivity contribution in [2.45, 2.75) is 48.5 Å². The van der Waals surface area contributed by atoms with Crippen molar-refractivity contribution < 1.29 is 29.3 Å². The van der Waals surface area contributed by atoms with Gasteiger partial charge in [-0.2, -0.15) is 0 Å². The number of carbonyl (C=O) groups excluding carboxylic acids is 2. The van der Waals surface area contributed by atoms with Crippen molar-refractivity contribution in [3.63, 3.8) is 0 Å². The lowest BCUT2D eigenvalue weighted by Gasteiger charge is -2.18. The van der Waals surface area contributed by atoms with Crippen LogP contribution in [0.3, 0.4) is 0 Å². The molecule has 6 nitrogen and oxygen atoms in total. The first-order chi connectivity index (χ1) is 13.7. The first-order valence-electron chi connectivity index (χ1n) is 9.34. The molecule has 0 saturated carbocycles. The molecule has 0 bridgehead atoms. The average Bonchev–Trinajstić information content (AvgIpc) is 2.68. The molecule has 0 radical (unpaired) electrons. The lowest BCUT2D eigenvalue weighted by atomic mass is 9.92. The van der Waals surface area contributed by atoms with Crippen LogP contribution in [-0.2, 0) is 4.79 Å². The molecule has 0 aliphatic heterocycles. The summed E-state index contributed by atoms with van der Waals surface area (Å²) in [5.74, 6) is 0.196. The van der Waals surface area contributed by atoms with Gasteiger partial charge in [0.1, 0.15) is 6.29 Å². The number of aldehydes is 1. The second-order valence-corrected chi connectivity index (χ2v) is 6.02. The van der Waals surface area contributed by atoms with Crippen LogP contribution in [0.5, 0.6) is 23.0 Å².